The molecule has 1 aliphatic heterocycles. The summed E-state index contributed by atoms with van der Waals surface area (Å²) < 4.78 is 30.2. The number of aryl methyl sites for hydroxylation is 1. The fraction of sp³-hybridized carbons (Fsp3) is 0.281. The minimum absolute atomic E-state index is 0.0504. The Morgan fingerprint density at radius 3 is 2.50 bits per heavy atom. The number of aliphatic hydroxyl groups is 1. The van der Waals surface area contributed by atoms with Crippen molar-refractivity contribution in [3.05, 3.63) is 125 Å². The van der Waals surface area contributed by atoms with Crippen molar-refractivity contribution in [2.45, 2.75) is 46.8 Å². The first-order chi connectivity index (χ1) is 19.4. The zero-order valence-corrected chi connectivity index (χ0v) is 24.7. The molecule has 4 atom stereocenters. The third-order valence-corrected chi connectivity index (χ3v) is 13.2. The quantitative estimate of drug-likeness (QED) is 0.133. The zero-order valence-electron chi connectivity index (χ0n) is 22.5. The molecule has 5 rings (SSSR count). The maximum absolute atomic E-state index is 14.2. The number of amides is 2. The molecule has 5 nitrogen and oxygen atoms in total. The van der Waals surface area contributed by atoms with Crippen LogP contribution in [0.25, 0.3) is 0 Å². The summed E-state index contributed by atoms with van der Waals surface area (Å²) in [5.41, 5.74) is 4.67. The van der Waals surface area contributed by atoms with E-state index >= 15 is 0 Å². The van der Waals surface area contributed by atoms with E-state index in [2.05, 4.69) is 34.0 Å². The van der Waals surface area contributed by atoms with Gasteiger partial charge in [-0.3, -0.25) is 0 Å². The number of fused-ring (bicyclic) bond motifs is 3. The van der Waals surface area contributed by atoms with Crippen molar-refractivity contribution < 1.29 is 18.7 Å². The van der Waals surface area contributed by atoms with Crippen LogP contribution in [0.2, 0.25) is 0 Å². The summed E-state index contributed by atoms with van der Waals surface area (Å²) in [6.45, 7) is 4.74. The Balaban J connectivity index is 1.38. The average Bonchev–Trinajstić information content (AvgIpc) is 3.29. The second-order valence-electron chi connectivity index (χ2n) is 10.0. The molecule has 0 radical (unpaired) electrons. The van der Waals surface area contributed by atoms with Gasteiger partial charge in [0.1, 0.15) is 0 Å². The van der Waals surface area contributed by atoms with Gasteiger partial charge >= 0.3 is 243 Å². The van der Waals surface area contributed by atoms with Crippen molar-refractivity contribution in [2.75, 3.05) is 11.4 Å². The van der Waals surface area contributed by atoms with E-state index in [1.165, 1.54) is 17.7 Å². The first-order valence-electron chi connectivity index (χ1n) is 13.5. The molecular formula is C32H34F2IN3O2. The van der Waals surface area contributed by atoms with Crippen LogP contribution in [0.5, 0.6) is 0 Å². The third-order valence-electron chi connectivity index (χ3n) is 7.38. The Morgan fingerprint density at radius 1 is 1.00 bits per heavy atom. The second-order valence-corrected chi connectivity index (χ2v) is 15.8. The van der Waals surface area contributed by atoms with Crippen LogP contribution in [-0.4, -0.2) is 27.8 Å². The van der Waals surface area contributed by atoms with Crippen molar-refractivity contribution in [3.8, 4) is 0 Å². The summed E-state index contributed by atoms with van der Waals surface area (Å²) >= 11 is -2.86. The molecule has 3 aromatic rings. The predicted octanol–water partition coefficient (Wildman–Crippen LogP) is 6.93. The van der Waals surface area contributed by atoms with Crippen LogP contribution < -0.4 is 13.7 Å². The van der Waals surface area contributed by atoms with Gasteiger partial charge in [-0.15, -0.1) is 0 Å². The molecule has 2 amide bonds. The molecule has 2 unspecified atom stereocenters. The van der Waals surface area contributed by atoms with Crippen molar-refractivity contribution in [1.29, 1.82) is 0 Å². The maximum atomic E-state index is 14.2. The summed E-state index contributed by atoms with van der Waals surface area (Å²) in [6, 6.07) is 19.0. The number of carbonyl (C=O) groups excluding carboxylic acids is 1. The van der Waals surface area contributed by atoms with Crippen LogP contribution in [0.3, 0.4) is 0 Å². The molecule has 0 bridgehead atoms. The minimum atomic E-state index is -2.86. The van der Waals surface area contributed by atoms with E-state index in [4.69, 9.17) is 0 Å². The molecule has 0 fully saturated rings. The van der Waals surface area contributed by atoms with Crippen molar-refractivity contribution in [3.63, 3.8) is 0 Å². The van der Waals surface area contributed by atoms with Gasteiger partial charge in [-0.25, -0.2) is 0 Å². The zero-order chi connectivity index (χ0) is 28.2. The van der Waals surface area contributed by atoms with Gasteiger partial charge in [0.05, 0.1) is 0 Å². The SMILES string of the molecule is CCc1cccc(CNC[C@@H](O)I(NC(=O)N2c3ccccc3C3C=CC=CC32)[C@@H](C)c2cc(F)cc(F)c2)c1. The van der Waals surface area contributed by atoms with E-state index in [-0.39, 0.29) is 24.5 Å². The molecule has 2 aliphatic rings. The molecule has 0 saturated heterocycles. The first-order valence-corrected chi connectivity index (χ1v) is 17.1. The molecule has 3 N–H and O–H groups in total. The van der Waals surface area contributed by atoms with Gasteiger partial charge < -0.3 is 0 Å². The van der Waals surface area contributed by atoms with E-state index in [0.29, 0.717) is 12.1 Å². The Kier molecular flexibility index (Phi) is 8.97. The Labute approximate surface area is 241 Å². The Morgan fingerprint density at radius 2 is 1.73 bits per heavy atom. The van der Waals surface area contributed by atoms with Crippen LogP contribution in [0.15, 0.2) is 91.0 Å². The normalized spacial score (nSPS) is 19.1. The molecule has 1 aliphatic carbocycles. The fourth-order valence-corrected chi connectivity index (χ4v) is 10.1. The number of alkyl halides is 2. The van der Waals surface area contributed by atoms with E-state index < -0.39 is 39.8 Å². The van der Waals surface area contributed by atoms with Crippen LogP contribution in [0.4, 0.5) is 19.3 Å². The molecule has 210 valence electrons. The first kappa shape index (κ1) is 28.4. The number of anilines is 1. The molecule has 40 heavy (non-hydrogen) atoms. The summed E-state index contributed by atoms with van der Waals surface area (Å²) in [5, 5.41) is 14.8. The van der Waals surface area contributed by atoms with Gasteiger partial charge in [0.25, 0.3) is 0 Å². The van der Waals surface area contributed by atoms with E-state index in [9.17, 15) is 18.7 Å². The number of nitrogens with zero attached hydrogens (tertiary/aromatic N) is 1. The van der Waals surface area contributed by atoms with Crippen molar-refractivity contribution in [2.24, 2.45) is 0 Å². The summed E-state index contributed by atoms with van der Waals surface area (Å²) in [6.07, 6.45) is 8.97. The van der Waals surface area contributed by atoms with Crippen LogP contribution in [0.1, 0.15) is 45.9 Å². The number of carbonyl (C=O) groups is 1. The Bertz CT molecular complexity index is 1410. The second kappa shape index (κ2) is 12.6. The predicted molar refractivity (Wildman–Crippen MR) is 165 cm³/mol. The van der Waals surface area contributed by atoms with Gasteiger partial charge in [-0.05, 0) is 0 Å². The standard InChI is InChI=1S/C32H34F2IN3O2/c1-3-22-9-8-10-23(15-22)19-36-20-31(39)35(21(2)24-16-25(33)18-26(34)17-24)37-32(40)38-29-13-6-4-11-27(29)28-12-5-7-14-30(28)38/h4-18,21,27,29,31,36,39H,3,19-20H2,1-2H3,(H,37,40)/t21-,27?,29?,31+/m0/s1. The van der Waals surface area contributed by atoms with Crippen molar-refractivity contribution in [1.82, 2.24) is 8.85 Å². The van der Waals surface area contributed by atoms with Crippen LogP contribution in [-0.2, 0) is 13.0 Å². The van der Waals surface area contributed by atoms with Crippen LogP contribution in [0, 0.1) is 11.6 Å². The molecule has 0 spiro atoms. The van der Waals surface area contributed by atoms with E-state index in [0.717, 1.165) is 29.3 Å². The van der Waals surface area contributed by atoms with Crippen LogP contribution >= 0.6 is 20.1 Å². The molecule has 3 aromatic carbocycles. The number of hydrogen-bond donors (Lipinski definition) is 3. The molecular weight excluding hydrogens is 623 g/mol. The number of halogens is 3. The molecule has 1 heterocycles. The summed E-state index contributed by atoms with van der Waals surface area (Å²) in [4.78, 5) is 15.7. The van der Waals surface area contributed by atoms with Gasteiger partial charge in [0.15, 0.2) is 0 Å². The van der Waals surface area contributed by atoms with Crippen molar-refractivity contribution >= 4 is 31.8 Å². The monoisotopic (exact) mass is 657 g/mol. The number of urea groups is 1. The number of hydrogen-bond acceptors (Lipinski definition) is 3. The third kappa shape index (κ3) is 6.14. The molecule has 0 aromatic heterocycles. The summed E-state index contributed by atoms with van der Waals surface area (Å²) in [7, 11) is 0. The number of benzene rings is 3. The van der Waals surface area contributed by atoms with Gasteiger partial charge in [0.2, 0.25) is 0 Å². The Hall–Kier alpha value is -3.08. The number of aliphatic hydroxyl groups excluding tert-OH is 1. The molecule has 0 saturated carbocycles. The number of allylic oxidation sites excluding steroid dienone is 2. The van der Waals surface area contributed by atoms with E-state index in [1.54, 1.807) is 4.90 Å². The number of nitrogens with one attached hydrogen (secondary N) is 2. The number of rotatable bonds is 9. The van der Waals surface area contributed by atoms with Gasteiger partial charge in [0, 0.05) is 0 Å². The van der Waals surface area contributed by atoms with Gasteiger partial charge in [-0.2, -0.15) is 0 Å². The number of para-hydroxylation sites is 1. The molecule has 8 heteroatoms. The summed E-state index contributed by atoms with van der Waals surface area (Å²) in [5.74, 6) is -1.31. The fourth-order valence-electron chi connectivity index (χ4n) is 5.34. The van der Waals surface area contributed by atoms with E-state index in [1.807, 2.05) is 61.5 Å². The average molecular weight is 658 g/mol. The topological polar surface area (TPSA) is 64.6 Å². The van der Waals surface area contributed by atoms with Gasteiger partial charge in [-0.1, -0.05) is 0 Å².